The lowest BCUT2D eigenvalue weighted by Crippen LogP contribution is -2.32. The molecule has 1 atom stereocenters. The molecule has 0 spiro atoms. The zero-order valence-corrected chi connectivity index (χ0v) is 15.0. The number of amides is 1. The zero-order valence-electron chi connectivity index (χ0n) is 15.0. The first-order valence-electron chi connectivity index (χ1n) is 9.05. The molecule has 5 rings (SSSR count). The second-order valence-electron chi connectivity index (χ2n) is 6.84. The molecule has 0 radical (unpaired) electrons. The Balaban J connectivity index is 1.72. The molecule has 4 heteroatoms. The van der Waals surface area contributed by atoms with Crippen molar-refractivity contribution in [3.8, 4) is 16.9 Å². The summed E-state index contributed by atoms with van der Waals surface area (Å²) in [5.74, 6) is 0.844. The first-order valence-corrected chi connectivity index (χ1v) is 9.05. The Bertz CT molecular complexity index is 1040. The van der Waals surface area contributed by atoms with Gasteiger partial charge in [0, 0.05) is 5.56 Å². The van der Waals surface area contributed by atoms with Crippen LogP contribution in [0.2, 0.25) is 0 Å². The van der Waals surface area contributed by atoms with Crippen molar-refractivity contribution in [3.05, 3.63) is 89.5 Å². The van der Waals surface area contributed by atoms with E-state index in [0.717, 1.165) is 28.2 Å². The zero-order chi connectivity index (χ0) is 18.4. The predicted octanol–water partition coefficient (Wildman–Crippen LogP) is 3.70. The number of carbonyl (C=O) groups is 1. The molecule has 27 heavy (non-hydrogen) atoms. The maximum Gasteiger partial charge on any atom is 0.281 e. The number of hydrogen-bond acceptors (Lipinski definition) is 2. The predicted molar refractivity (Wildman–Crippen MR) is 104 cm³/mol. The second-order valence-corrected chi connectivity index (χ2v) is 6.84. The van der Waals surface area contributed by atoms with Crippen LogP contribution in [0.5, 0.6) is 5.75 Å². The van der Waals surface area contributed by atoms with Gasteiger partial charge >= 0.3 is 0 Å². The Morgan fingerprint density at radius 1 is 0.852 bits per heavy atom. The molecule has 1 aliphatic carbocycles. The van der Waals surface area contributed by atoms with Gasteiger partial charge in [0.1, 0.15) is 12.2 Å². The van der Waals surface area contributed by atoms with Gasteiger partial charge in [-0.1, -0.05) is 41.1 Å². The normalized spacial score (nSPS) is 17.5. The third-order valence-electron chi connectivity index (χ3n) is 5.33. The van der Waals surface area contributed by atoms with Crippen molar-refractivity contribution in [1.29, 1.82) is 0 Å². The van der Waals surface area contributed by atoms with Crippen molar-refractivity contribution in [3.63, 3.8) is 0 Å². The summed E-state index contributed by atoms with van der Waals surface area (Å²) in [5, 5.41) is 0. The average Bonchev–Trinajstić information content (AvgIpc) is 3.25. The van der Waals surface area contributed by atoms with Crippen molar-refractivity contribution in [2.24, 2.45) is 0 Å². The van der Waals surface area contributed by atoms with Gasteiger partial charge in [0.05, 0.1) is 18.2 Å². The fraction of sp³-hybridized carbons (Fsp3) is 0.130. The number of nitrogens with zero attached hydrogens (tertiary/aromatic N) is 1. The number of nitrogens with one attached hydrogen (secondary N) is 1. The van der Waals surface area contributed by atoms with E-state index in [1.807, 2.05) is 41.1 Å². The number of methoxy groups -OCH3 is 1. The van der Waals surface area contributed by atoms with E-state index in [1.165, 1.54) is 11.1 Å². The van der Waals surface area contributed by atoms with Gasteiger partial charge in [-0.25, -0.2) is 0 Å². The molecule has 1 amide bonds. The van der Waals surface area contributed by atoms with Crippen LogP contribution in [0.1, 0.15) is 29.2 Å². The van der Waals surface area contributed by atoms with Gasteiger partial charge in [-0.2, -0.15) is 0 Å². The molecule has 0 saturated carbocycles. The van der Waals surface area contributed by atoms with Gasteiger partial charge in [-0.15, -0.1) is 5.43 Å². The van der Waals surface area contributed by atoms with Crippen LogP contribution in [0, 0.1) is 0 Å². The molecule has 0 bridgehead atoms. The molecular formula is C23H19N2O2+. The lowest BCUT2D eigenvalue weighted by atomic mass is 10.0. The highest BCUT2D eigenvalue weighted by Gasteiger charge is 2.42. The molecule has 1 N–H and O–H groups in total. The number of ether oxygens (including phenoxy) is 1. The monoisotopic (exact) mass is 355 g/mol. The maximum absolute atomic E-state index is 12.4. The number of carbonyl (C=O) groups excluding carboxylic acids is 1. The quantitative estimate of drug-likeness (QED) is 0.557. The molecule has 2 aliphatic rings. The Kier molecular flexibility index (Phi) is 3.57. The minimum absolute atomic E-state index is 0.0326. The molecular weight excluding hydrogens is 336 g/mol. The summed E-state index contributed by atoms with van der Waals surface area (Å²) in [6, 6.07) is 24.6. The fourth-order valence-electron chi connectivity index (χ4n) is 4.08. The van der Waals surface area contributed by atoms with E-state index in [1.54, 1.807) is 7.11 Å². The Hall–Kier alpha value is -3.40. The highest BCUT2D eigenvalue weighted by atomic mass is 16.5. The van der Waals surface area contributed by atoms with Crippen molar-refractivity contribution < 1.29 is 14.2 Å². The number of benzene rings is 3. The van der Waals surface area contributed by atoms with Gasteiger partial charge in [0.15, 0.2) is 0 Å². The van der Waals surface area contributed by atoms with Gasteiger partial charge in [-0.3, -0.25) is 4.79 Å². The van der Waals surface area contributed by atoms with Crippen molar-refractivity contribution in [2.45, 2.75) is 12.5 Å². The van der Waals surface area contributed by atoms with E-state index < -0.39 is 0 Å². The molecule has 1 unspecified atom stereocenters. The summed E-state index contributed by atoms with van der Waals surface area (Å²) in [7, 11) is 1.66. The number of rotatable bonds is 2. The molecule has 4 nitrogen and oxygen atoms in total. The highest BCUT2D eigenvalue weighted by Crippen LogP contribution is 2.38. The van der Waals surface area contributed by atoms with Crippen LogP contribution in [0.15, 0.2) is 72.8 Å². The van der Waals surface area contributed by atoms with E-state index in [9.17, 15) is 4.79 Å². The summed E-state index contributed by atoms with van der Waals surface area (Å²) in [5.41, 5.74) is 9.95. The molecule has 1 fully saturated rings. The number of hydrazone groups is 1. The maximum atomic E-state index is 12.4. The van der Waals surface area contributed by atoms with Gasteiger partial charge < -0.3 is 4.74 Å². The standard InChI is InChI=1S/C23H18N2O2/c1-27-16-12-10-15(11-13-16)21-14-22(26)24-25(21)23-19-8-4-2-6-17(19)18-7-3-5-9-20(18)23/h2-13,21H,14H2,1H3/p+1. The van der Waals surface area contributed by atoms with Crippen LogP contribution in [0.25, 0.3) is 11.1 Å². The molecule has 0 aromatic heterocycles. The van der Waals surface area contributed by atoms with Crippen LogP contribution in [-0.4, -0.2) is 23.4 Å². The molecule has 3 aromatic rings. The van der Waals surface area contributed by atoms with Crippen molar-refractivity contribution >= 4 is 11.6 Å². The second kappa shape index (κ2) is 6.09. The van der Waals surface area contributed by atoms with E-state index >= 15 is 0 Å². The third kappa shape index (κ3) is 2.45. The van der Waals surface area contributed by atoms with Crippen LogP contribution in [0.3, 0.4) is 0 Å². The van der Waals surface area contributed by atoms with Gasteiger partial charge in [0.2, 0.25) is 11.8 Å². The van der Waals surface area contributed by atoms with E-state index in [-0.39, 0.29) is 11.9 Å². The minimum Gasteiger partial charge on any atom is -0.497 e. The van der Waals surface area contributed by atoms with Crippen molar-refractivity contribution in [1.82, 2.24) is 5.43 Å². The first kappa shape index (κ1) is 15.8. The Morgan fingerprint density at radius 3 is 1.96 bits per heavy atom. The van der Waals surface area contributed by atoms with Gasteiger partial charge in [0.25, 0.3) is 5.91 Å². The number of fused-ring (bicyclic) bond motifs is 3. The lowest BCUT2D eigenvalue weighted by molar-refractivity contribution is -0.598. The number of hydrogen-bond donors (Lipinski definition) is 1. The van der Waals surface area contributed by atoms with E-state index in [2.05, 4.69) is 41.8 Å². The van der Waals surface area contributed by atoms with E-state index in [0.29, 0.717) is 6.42 Å². The Morgan fingerprint density at radius 2 is 1.41 bits per heavy atom. The van der Waals surface area contributed by atoms with Crippen LogP contribution in [0.4, 0.5) is 0 Å². The molecule has 1 heterocycles. The Labute approximate surface area is 157 Å². The summed E-state index contributed by atoms with van der Waals surface area (Å²) in [6.07, 6.45) is 0.431. The first-order chi connectivity index (χ1) is 13.3. The molecule has 1 saturated heterocycles. The van der Waals surface area contributed by atoms with Gasteiger partial charge in [-0.05, 0) is 47.5 Å². The largest absolute Gasteiger partial charge is 0.497 e. The summed E-state index contributed by atoms with van der Waals surface area (Å²) >= 11 is 0. The van der Waals surface area contributed by atoms with Crippen molar-refractivity contribution in [2.75, 3.05) is 7.11 Å². The van der Waals surface area contributed by atoms with Crippen LogP contribution in [-0.2, 0) is 4.79 Å². The minimum atomic E-state index is -0.0578. The smallest absolute Gasteiger partial charge is 0.281 e. The average molecular weight is 355 g/mol. The number of hydrazine groups is 1. The lowest BCUT2D eigenvalue weighted by Gasteiger charge is -2.10. The SMILES string of the molecule is COc1ccc(C2CC(=O)N[N+]2=C2c3ccccc3-c3ccccc32)cc1. The summed E-state index contributed by atoms with van der Waals surface area (Å²) in [4.78, 5) is 12.4. The molecule has 1 aliphatic heterocycles. The van der Waals surface area contributed by atoms with Crippen LogP contribution < -0.4 is 10.2 Å². The summed E-state index contributed by atoms with van der Waals surface area (Å²) < 4.78 is 7.31. The van der Waals surface area contributed by atoms with E-state index in [4.69, 9.17) is 4.74 Å². The fourth-order valence-corrected chi connectivity index (χ4v) is 4.08. The highest BCUT2D eigenvalue weighted by molar-refractivity contribution is 6.22. The molecule has 3 aromatic carbocycles. The topological polar surface area (TPSA) is 41.3 Å². The molecule has 132 valence electrons. The van der Waals surface area contributed by atoms with Crippen LogP contribution >= 0.6 is 0 Å². The summed E-state index contributed by atoms with van der Waals surface area (Å²) in [6.45, 7) is 0. The third-order valence-corrected chi connectivity index (χ3v) is 5.33.